The van der Waals surface area contributed by atoms with Crippen molar-refractivity contribution >= 4 is 6.09 Å². The van der Waals surface area contributed by atoms with Crippen molar-refractivity contribution in [2.75, 3.05) is 13.2 Å². The zero-order chi connectivity index (χ0) is 16.9. The summed E-state index contributed by atoms with van der Waals surface area (Å²) in [6.07, 6.45) is -2.10. The van der Waals surface area contributed by atoms with Gasteiger partial charge < -0.3 is 24.6 Å². The molecule has 2 N–H and O–H groups in total. The highest BCUT2D eigenvalue weighted by molar-refractivity contribution is 5.67. The molecule has 0 saturated carbocycles. The standard InChI is InChI=1S/C17H25NO5/c1-17(2,3)23-16(20)18-9-13(15(19)14-11-22-14)21-10-12-7-5-4-6-8-12/h4-8,13-15,19H,9-11H2,1-3H3,(H,18,20)/t13-,14?,15+/m0/s1. The maximum Gasteiger partial charge on any atom is 0.407 e. The number of hydrogen-bond acceptors (Lipinski definition) is 5. The first-order valence-electron chi connectivity index (χ1n) is 7.77. The van der Waals surface area contributed by atoms with Crippen LogP contribution in [-0.4, -0.2) is 48.3 Å². The fraction of sp³-hybridized carbons (Fsp3) is 0.588. The molecule has 3 atom stereocenters. The fourth-order valence-corrected chi connectivity index (χ4v) is 2.05. The molecule has 1 aliphatic rings. The Morgan fingerprint density at radius 3 is 2.61 bits per heavy atom. The van der Waals surface area contributed by atoms with E-state index in [-0.39, 0.29) is 12.6 Å². The molecule has 2 rings (SSSR count). The summed E-state index contributed by atoms with van der Waals surface area (Å²) >= 11 is 0. The minimum atomic E-state index is -0.784. The van der Waals surface area contributed by atoms with Crippen molar-refractivity contribution in [1.29, 1.82) is 0 Å². The molecule has 0 aromatic heterocycles. The van der Waals surface area contributed by atoms with Crippen molar-refractivity contribution in [3.63, 3.8) is 0 Å². The molecule has 0 bridgehead atoms. The molecule has 128 valence electrons. The van der Waals surface area contributed by atoms with Gasteiger partial charge in [0.15, 0.2) is 0 Å². The van der Waals surface area contributed by atoms with E-state index in [0.717, 1.165) is 5.56 Å². The molecule has 1 amide bonds. The van der Waals surface area contributed by atoms with Crippen molar-refractivity contribution in [3.05, 3.63) is 35.9 Å². The Balaban J connectivity index is 1.85. The lowest BCUT2D eigenvalue weighted by Crippen LogP contribution is -2.44. The van der Waals surface area contributed by atoms with Gasteiger partial charge >= 0.3 is 6.09 Å². The number of epoxide rings is 1. The average Bonchev–Trinajstić information content (AvgIpc) is 3.30. The van der Waals surface area contributed by atoms with Crippen molar-refractivity contribution in [2.45, 2.75) is 51.3 Å². The molecule has 1 heterocycles. The van der Waals surface area contributed by atoms with Crippen LogP contribution in [0, 0.1) is 0 Å². The number of rotatable bonds is 7. The van der Waals surface area contributed by atoms with Gasteiger partial charge in [0, 0.05) is 6.54 Å². The SMILES string of the molecule is CC(C)(C)OC(=O)NC[C@H](OCc1ccccc1)[C@@H](O)C1CO1. The predicted octanol–water partition coefficient (Wildman–Crippen LogP) is 1.86. The molecular weight excluding hydrogens is 298 g/mol. The molecule has 0 radical (unpaired) electrons. The maximum atomic E-state index is 11.7. The third kappa shape index (κ3) is 6.56. The normalized spacial score (nSPS) is 19.7. The molecule has 0 aliphatic carbocycles. The summed E-state index contributed by atoms with van der Waals surface area (Å²) in [5.74, 6) is 0. The molecule has 1 unspecified atom stereocenters. The number of alkyl carbamates (subject to hydrolysis) is 1. The Bertz CT molecular complexity index is 495. The zero-order valence-electron chi connectivity index (χ0n) is 13.8. The third-order valence-corrected chi connectivity index (χ3v) is 3.27. The molecule has 1 fully saturated rings. The van der Waals surface area contributed by atoms with Crippen LogP contribution in [0.1, 0.15) is 26.3 Å². The van der Waals surface area contributed by atoms with E-state index in [1.165, 1.54) is 0 Å². The summed E-state index contributed by atoms with van der Waals surface area (Å²) in [6, 6.07) is 9.66. The van der Waals surface area contributed by atoms with Gasteiger partial charge in [0.25, 0.3) is 0 Å². The number of aliphatic hydroxyl groups excluding tert-OH is 1. The van der Waals surface area contributed by atoms with Gasteiger partial charge in [-0.3, -0.25) is 0 Å². The number of aliphatic hydroxyl groups is 1. The molecule has 1 saturated heterocycles. The second kappa shape index (κ2) is 7.77. The van der Waals surface area contributed by atoms with Crippen LogP contribution in [0.25, 0.3) is 0 Å². The average molecular weight is 323 g/mol. The number of amides is 1. The number of ether oxygens (including phenoxy) is 3. The lowest BCUT2D eigenvalue weighted by molar-refractivity contribution is -0.0544. The van der Waals surface area contributed by atoms with E-state index in [2.05, 4.69) is 5.32 Å². The Hall–Kier alpha value is -1.63. The van der Waals surface area contributed by atoms with Gasteiger partial charge in [-0.25, -0.2) is 4.79 Å². The van der Waals surface area contributed by atoms with E-state index in [1.54, 1.807) is 20.8 Å². The predicted molar refractivity (Wildman–Crippen MR) is 85.0 cm³/mol. The smallest absolute Gasteiger partial charge is 0.407 e. The van der Waals surface area contributed by atoms with Crippen molar-refractivity contribution in [1.82, 2.24) is 5.32 Å². The van der Waals surface area contributed by atoms with Crippen LogP contribution in [0.5, 0.6) is 0 Å². The lowest BCUT2D eigenvalue weighted by atomic mass is 10.1. The molecule has 1 aromatic carbocycles. The highest BCUT2D eigenvalue weighted by atomic mass is 16.6. The molecule has 6 heteroatoms. The van der Waals surface area contributed by atoms with Gasteiger partial charge in [-0.1, -0.05) is 30.3 Å². The highest BCUT2D eigenvalue weighted by Crippen LogP contribution is 2.19. The second-order valence-corrected chi connectivity index (χ2v) is 6.58. The van der Waals surface area contributed by atoms with Crippen molar-refractivity contribution < 1.29 is 24.1 Å². The summed E-state index contributed by atoms with van der Waals surface area (Å²) < 4.78 is 16.1. The van der Waals surface area contributed by atoms with E-state index in [0.29, 0.717) is 13.2 Å². The summed E-state index contributed by atoms with van der Waals surface area (Å²) in [4.78, 5) is 11.7. The van der Waals surface area contributed by atoms with E-state index < -0.39 is 23.9 Å². The zero-order valence-corrected chi connectivity index (χ0v) is 13.8. The Morgan fingerprint density at radius 1 is 1.39 bits per heavy atom. The molecule has 1 aliphatic heterocycles. The molecular formula is C17H25NO5. The number of benzene rings is 1. The van der Waals surface area contributed by atoms with Crippen LogP contribution < -0.4 is 5.32 Å². The Labute approximate surface area is 136 Å². The molecule has 23 heavy (non-hydrogen) atoms. The Kier molecular flexibility index (Phi) is 5.98. The van der Waals surface area contributed by atoms with Crippen LogP contribution in [0.3, 0.4) is 0 Å². The van der Waals surface area contributed by atoms with Crippen LogP contribution in [0.15, 0.2) is 30.3 Å². The first kappa shape index (κ1) is 17.7. The fourth-order valence-electron chi connectivity index (χ4n) is 2.05. The van der Waals surface area contributed by atoms with Crippen LogP contribution in [0.4, 0.5) is 4.79 Å². The third-order valence-electron chi connectivity index (χ3n) is 3.27. The number of carbonyl (C=O) groups is 1. The van der Waals surface area contributed by atoms with E-state index >= 15 is 0 Å². The van der Waals surface area contributed by atoms with Gasteiger partial charge in [0.2, 0.25) is 0 Å². The summed E-state index contributed by atoms with van der Waals surface area (Å²) in [7, 11) is 0. The molecule has 6 nitrogen and oxygen atoms in total. The second-order valence-electron chi connectivity index (χ2n) is 6.58. The summed E-state index contributed by atoms with van der Waals surface area (Å²) in [5.41, 5.74) is 0.432. The van der Waals surface area contributed by atoms with E-state index in [9.17, 15) is 9.90 Å². The monoisotopic (exact) mass is 323 g/mol. The van der Waals surface area contributed by atoms with Gasteiger partial charge in [-0.2, -0.15) is 0 Å². The topological polar surface area (TPSA) is 80.3 Å². The van der Waals surface area contributed by atoms with Gasteiger partial charge in [0.05, 0.1) is 13.2 Å². The van der Waals surface area contributed by atoms with Crippen molar-refractivity contribution in [2.24, 2.45) is 0 Å². The molecule has 1 aromatic rings. The maximum absolute atomic E-state index is 11.7. The van der Waals surface area contributed by atoms with Crippen LogP contribution >= 0.6 is 0 Å². The minimum Gasteiger partial charge on any atom is -0.444 e. The number of hydrogen-bond donors (Lipinski definition) is 2. The van der Waals surface area contributed by atoms with Gasteiger partial charge in [-0.05, 0) is 26.3 Å². The first-order valence-corrected chi connectivity index (χ1v) is 7.77. The van der Waals surface area contributed by atoms with Gasteiger partial charge in [0.1, 0.15) is 23.9 Å². The first-order chi connectivity index (χ1) is 10.8. The number of carbonyl (C=O) groups excluding carboxylic acids is 1. The van der Waals surface area contributed by atoms with Crippen LogP contribution in [0.2, 0.25) is 0 Å². The lowest BCUT2D eigenvalue weighted by Gasteiger charge is -2.24. The van der Waals surface area contributed by atoms with Gasteiger partial charge in [-0.15, -0.1) is 0 Å². The Morgan fingerprint density at radius 2 is 2.04 bits per heavy atom. The van der Waals surface area contributed by atoms with Crippen LogP contribution in [-0.2, 0) is 20.8 Å². The summed E-state index contributed by atoms with van der Waals surface area (Å²) in [5, 5.41) is 12.9. The largest absolute Gasteiger partial charge is 0.444 e. The quantitative estimate of drug-likeness (QED) is 0.749. The van der Waals surface area contributed by atoms with Crippen molar-refractivity contribution in [3.8, 4) is 0 Å². The van der Waals surface area contributed by atoms with E-state index in [4.69, 9.17) is 14.2 Å². The molecule has 0 spiro atoms. The number of nitrogens with one attached hydrogen (secondary N) is 1. The summed E-state index contributed by atoms with van der Waals surface area (Å²) in [6.45, 7) is 6.40. The highest BCUT2D eigenvalue weighted by Gasteiger charge is 2.37. The minimum absolute atomic E-state index is 0.156. The van der Waals surface area contributed by atoms with E-state index in [1.807, 2.05) is 30.3 Å².